The van der Waals surface area contributed by atoms with Crippen LogP contribution in [0.4, 0.5) is 0 Å². The van der Waals surface area contributed by atoms with Crippen molar-refractivity contribution >= 4 is 5.91 Å². The maximum atomic E-state index is 12.5. The molecule has 0 saturated carbocycles. The standard InChI is InChI=1S/C24H23N5O2/c30-24(20-16-22(31-28-20)17-8-2-1-3-9-17)26-14-15-29-21-12-5-4-10-18(21)23(27-29)19-11-6-7-13-25-19/h1-3,6-9,11,13,16H,4-5,10,12,14-15H2,(H,26,30). The highest BCUT2D eigenvalue weighted by Crippen LogP contribution is 2.30. The van der Waals surface area contributed by atoms with Crippen LogP contribution >= 0.6 is 0 Å². The van der Waals surface area contributed by atoms with E-state index in [0.717, 1.165) is 36.2 Å². The Morgan fingerprint density at radius 3 is 2.74 bits per heavy atom. The number of benzene rings is 1. The van der Waals surface area contributed by atoms with Gasteiger partial charge in [0.2, 0.25) is 0 Å². The Morgan fingerprint density at radius 1 is 1.06 bits per heavy atom. The number of hydrogen-bond acceptors (Lipinski definition) is 5. The summed E-state index contributed by atoms with van der Waals surface area (Å²) in [6.45, 7) is 1.06. The molecule has 1 aliphatic carbocycles. The molecule has 5 rings (SSSR count). The molecule has 3 aromatic heterocycles. The first kappa shape index (κ1) is 19.2. The molecule has 4 aromatic rings. The predicted octanol–water partition coefficient (Wildman–Crippen LogP) is 3.91. The van der Waals surface area contributed by atoms with Gasteiger partial charge in [0.1, 0.15) is 5.69 Å². The third kappa shape index (κ3) is 3.99. The third-order valence-electron chi connectivity index (χ3n) is 5.57. The molecule has 0 atom stereocenters. The summed E-state index contributed by atoms with van der Waals surface area (Å²) in [5, 5.41) is 11.7. The van der Waals surface area contributed by atoms with Gasteiger partial charge >= 0.3 is 0 Å². The monoisotopic (exact) mass is 413 g/mol. The molecule has 0 unspecified atom stereocenters. The van der Waals surface area contributed by atoms with Crippen molar-refractivity contribution in [1.82, 2.24) is 25.2 Å². The lowest BCUT2D eigenvalue weighted by molar-refractivity contribution is 0.0943. The maximum Gasteiger partial charge on any atom is 0.273 e. The van der Waals surface area contributed by atoms with Crippen molar-refractivity contribution in [3.05, 3.63) is 77.7 Å². The lowest BCUT2D eigenvalue weighted by atomic mass is 9.95. The molecule has 1 N–H and O–H groups in total. The number of rotatable bonds is 6. The van der Waals surface area contributed by atoms with Gasteiger partial charge in [-0.05, 0) is 37.8 Å². The minimum absolute atomic E-state index is 0.253. The number of carbonyl (C=O) groups is 1. The first-order chi connectivity index (χ1) is 15.3. The molecule has 156 valence electrons. The Hall–Kier alpha value is -3.74. The number of carbonyl (C=O) groups excluding carboxylic acids is 1. The van der Waals surface area contributed by atoms with E-state index in [1.807, 2.05) is 53.2 Å². The fourth-order valence-corrected chi connectivity index (χ4v) is 4.05. The van der Waals surface area contributed by atoms with Gasteiger partial charge in [-0.1, -0.05) is 41.6 Å². The Kier molecular flexibility index (Phi) is 5.31. The average Bonchev–Trinajstić information content (AvgIpc) is 3.46. The van der Waals surface area contributed by atoms with Crippen LogP contribution in [0.2, 0.25) is 0 Å². The Labute approximate surface area is 180 Å². The summed E-state index contributed by atoms with van der Waals surface area (Å²) in [6, 6.07) is 17.2. The molecular weight excluding hydrogens is 390 g/mol. The van der Waals surface area contributed by atoms with Crippen molar-refractivity contribution in [2.45, 2.75) is 32.2 Å². The largest absolute Gasteiger partial charge is 0.355 e. The second-order valence-corrected chi connectivity index (χ2v) is 7.62. The van der Waals surface area contributed by atoms with Crippen molar-refractivity contribution < 1.29 is 9.32 Å². The summed E-state index contributed by atoms with van der Waals surface area (Å²) in [6.07, 6.45) is 6.16. The molecule has 0 saturated heterocycles. The molecule has 1 aromatic carbocycles. The highest BCUT2D eigenvalue weighted by atomic mass is 16.5. The van der Waals surface area contributed by atoms with E-state index in [0.29, 0.717) is 18.8 Å². The van der Waals surface area contributed by atoms with Crippen molar-refractivity contribution in [1.29, 1.82) is 0 Å². The molecule has 0 bridgehead atoms. The van der Waals surface area contributed by atoms with Gasteiger partial charge < -0.3 is 9.84 Å². The molecule has 0 fully saturated rings. The molecule has 7 heteroatoms. The van der Waals surface area contributed by atoms with Crippen LogP contribution in [0.25, 0.3) is 22.7 Å². The Bertz CT molecular complexity index is 1180. The van der Waals surface area contributed by atoms with E-state index in [2.05, 4.69) is 15.5 Å². The van der Waals surface area contributed by atoms with E-state index < -0.39 is 0 Å². The van der Waals surface area contributed by atoms with E-state index in [4.69, 9.17) is 9.62 Å². The zero-order valence-electron chi connectivity index (χ0n) is 17.1. The minimum atomic E-state index is -0.253. The number of nitrogens with zero attached hydrogens (tertiary/aromatic N) is 4. The highest BCUT2D eigenvalue weighted by Gasteiger charge is 2.22. The maximum absolute atomic E-state index is 12.5. The van der Waals surface area contributed by atoms with Crippen LogP contribution in [0.5, 0.6) is 0 Å². The van der Waals surface area contributed by atoms with Crippen LogP contribution in [0.1, 0.15) is 34.6 Å². The summed E-state index contributed by atoms with van der Waals surface area (Å²) < 4.78 is 7.35. The van der Waals surface area contributed by atoms with Gasteiger partial charge in [0, 0.05) is 35.6 Å². The Morgan fingerprint density at radius 2 is 1.90 bits per heavy atom. The van der Waals surface area contributed by atoms with Gasteiger partial charge in [-0.25, -0.2) is 0 Å². The first-order valence-electron chi connectivity index (χ1n) is 10.6. The number of hydrogen-bond donors (Lipinski definition) is 1. The van der Waals surface area contributed by atoms with E-state index in [-0.39, 0.29) is 11.6 Å². The van der Waals surface area contributed by atoms with Gasteiger partial charge in [-0.2, -0.15) is 5.10 Å². The molecule has 7 nitrogen and oxygen atoms in total. The molecule has 31 heavy (non-hydrogen) atoms. The van der Waals surface area contributed by atoms with Crippen LogP contribution in [-0.4, -0.2) is 32.4 Å². The Balaban J connectivity index is 1.27. The zero-order chi connectivity index (χ0) is 21.0. The second kappa shape index (κ2) is 8.55. The third-order valence-corrected chi connectivity index (χ3v) is 5.57. The van der Waals surface area contributed by atoms with Gasteiger partial charge in [-0.15, -0.1) is 0 Å². The van der Waals surface area contributed by atoms with E-state index in [9.17, 15) is 4.79 Å². The van der Waals surface area contributed by atoms with Crippen molar-refractivity contribution in [3.63, 3.8) is 0 Å². The van der Waals surface area contributed by atoms with Crippen LogP contribution in [0, 0.1) is 0 Å². The summed E-state index contributed by atoms with van der Waals surface area (Å²) in [4.78, 5) is 17.0. The smallest absolute Gasteiger partial charge is 0.273 e. The fraction of sp³-hybridized carbons (Fsp3) is 0.250. The normalized spacial score (nSPS) is 13.0. The predicted molar refractivity (Wildman–Crippen MR) is 116 cm³/mol. The lowest BCUT2D eigenvalue weighted by Crippen LogP contribution is -2.28. The topological polar surface area (TPSA) is 85.8 Å². The lowest BCUT2D eigenvalue weighted by Gasteiger charge is -2.14. The highest BCUT2D eigenvalue weighted by molar-refractivity contribution is 5.93. The van der Waals surface area contributed by atoms with Crippen molar-refractivity contribution in [2.75, 3.05) is 6.54 Å². The molecule has 3 heterocycles. The van der Waals surface area contributed by atoms with E-state index >= 15 is 0 Å². The number of aromatic nitrogens is 4. The van der Waals surface area contributed by atoms with Crippen molar-refractivity contribution in [2.24, 2.45) is 0 Å². The molecule has 1 aliphatic rings. The number of nitrogens with one attached hydrogen (secondary N) is 1. The quantitative estimate of drug-likeness (QED) is 0.518. The summed E-state index contributed by atoms with van der Waals surface area (Å²) in [5.74, 6) is 0.323. The molecule has 0 spiro atoms. The zero-order valence-corrected chi connectivity index (χ0v) is 17.1. The first-order valence-corrected chi connectivity index (χ1v) is 10.6. The number of amides is 1. The van der Waals surface area contributed by atoms with E-state index in [1.54, 1.807) is 12.3 Å². The summed E-state index contributed by atoms with van der Waals surface area (Å²) in [7, 11) is 0. The van der Waals surface area contributed by atoms with Gasteiger partial charge in [0.25, 0.3) is 5.91 Å². The molecule has 0 radical (unpaired) electrons. The SMILES string of the molecule is O=C(NCCn1nc(-c2ccccn2)c2c1CCCC2)c1cc(-c2ccccc2)on1. The summed E-state index contributed by atoms with van der Waals surface area (Å²) in [5.41, 5.74) is 5.58. The molecule has 0 aliphatic heterocycles. The number of fused-ring (bicyclic) bond motifs is 1. The molecular formula is C24H23N5O2. The average molecular weight is 413 g/mol. The van der Waals surface area contributed by atoms with Crippen LogP contribution < -0.4 is 5.32 Å². The van der Waals surface area contributed by atoms with Crippen molar-refractivity contribution in [3.8, 4) is 22.7 Å². The van der Waals surface area contributed by atoms with Crippen LogP contribution in [-0.2, 0) is 19.4 Å². The fourth-order valence-electron chi connectivity index (χ4n) is 4.05. The summed E-state index contributed by atoms with van der Waals surface area (Å²) >= 11 is 0. The minimum Gasteiger partial charge on any atom is -0.355 e. The second-order valence-electron chi connectivity index (χ2n) is 7.62. The van der Waals surface area contributed by atoms with Gasteiger partial charge in [0.15, 0.2) is 11.5 Å². The van der Waals surface area contributed by atoms with E-state index in [1.165, 1.54) is 17.7 Å². The number of pyridine rings is 1. The van der Waals surface area contributed by atoms with Crippen LogP contribution in [0.15, 0.2) is 65.3 Å². The van der Waals surface area contributed by atoms with Crippen LogP contribution in [0.3, 0.4) is 0 Å². The van der Waals surface area contributed by atoms with Gasteiger partial charge in [0.05, 0.1) is 12.2 Å². The molecule has 1 amide bonds. The van der Waals surface area contributed by atoms with Gasteiger partial charge in [-0.3, -0.25) is 14.5 Å².